The molecule has 0 aliphatic carbocycles. The monoisotopic (exact) mass is 288 g/mol. The second-order valence-electron chi connectivity index (χ2n) is 6.43. The molecule has 4 atom stereocenters. The Bertz CT molecular complexity index is 186. The molecule has 6 nitrogen and oxygen atoms in total. The molecule has 0 saturated heterocycles. The molecule has 0 aromatic heterocycles. The zero-order chi connectivity index (χ0) is 15.7. The van der Waals surface area contributed by atoms with Crippen LogP contribution in [0.25, 0.3) is 0 Å². The van der Waals surface area contributed by atoms with Crippen LogP contribution in [0.5, 0.6) is 0 Å². The molecule has 0 aromatic carbocycles. The van der Waals surface area contributed by atoms with Crippen molar-refractivity contribution in [1.82, 2.24) is 9.80 Å². The van der Waals surface area contributed by atoms with Gasteiger partial charge in [0.05, 0.1) is 0 Å². The van der Waals surface area contributed by atoms with Gasteiger partial charge in [-0.2, -0.15) is 0 Å². The van der Waals surface area contributed by atoms with Crippen LogP contribution in [0.1, 0.15) is 27.7 Å². The maximum Gasteiger partial charge on any atom is 0.0139 e. The van der Waals surface area contributed by atoms with E-state index in [0.717, 1.165) is 39.3 Å². The Hall–Kier alpha value is -0.240. The van der Waals surface area contributed by atoms with Crippen LogP contribution in [0.2, 0.25) is 0 Å². The van der Waals surface area contributed by atoms with Crippen LogP contribution in [-0.4, -0.2) is 73.2 Å². The van der Waals surface area contributed by atoms with Gasteiger partial charge in [0.2, 0.25) is 0 Å². The molecule has 6 heteroatoms. The highest BCUT2D eigenvalue weighted by Crippen LogP contribution is 1.98. The summed E-state index contributed by atoms with van der Waals surface area (Å²) >= 11 is 0. The third-order valence-electron chi connectivity index (χ3n) is 2.92. The third kappa shape index (κ3) is 11.6. The van der Waals surface area contributed by atoms with Crippen molar-refractivity contribution in [2.45, 2.75) is 51.9 Å². The van der Waals surface area contributed by atoms with E-state index in [2.05, 4.69) is 9.80 Å². The number of nitrogens with zero attached hydrogens (tertiary/aromatic N) is 2. The van der Waals surface area contributed by atoms with Gasteiger partial charge in [-0.1, -0.05) is 0 Å². The molecule has 122 valence electrons. The SMILES string of the molecule is CC(N)CN(CCN(CC(C)N)CC(C)N)CC(C)N. The van der Waals surface area contributed by atoms with Gasteiger partial charge in [0, 0.05) is 63.4 Å². The highest BCUT2D eigenvalue weighted by Gasteiger charge is 2.14. The van der Waals surface area contributed by atoms with E-state index in [1.165, 1.54) is 0 Å². The zero-order valence-corrected chi connectivity index (χ0v) is 13.8. The Balaban J connectivity index is 4.35. The molecule has 0 aliphatic rings. The van der Waals surface area contributed by atoms with Crippen LogP contribution in [0, 0.1) is 0 Å². The van der Waals surface area contributed by atoms with Gasteiger partial charge in [0.25, 0.3) is 0 Å². The fourth-order valence-electron chi connectivity index (χ4n) is 2.43. The lowest BCUT2D eigenvalue weighted by molar-refractivity contribution is 0.183. The molecule has 0 aliphatic heterocycles. The van der Waals surface area contributed by atoms with E-state index in [0.29, 0.717) is 0 Å². The van der Waals surface area contributed by atoms with E-state index in [1.54, 1.807) is 0 Å². The lowest BCUT2D eigenvalue weighted by Crippen LogP contribution is -2.48. The van der Waals surface area contributed by atoms with Gasteiger partial charge in [-0.3, -0.25) is 9.80 Å². The molecule has 4 unspecified atom stereocenters. The Morgan fingerprint density at radius 2 is 0.750 bits per heavy atom. The summed E-state index contributed by atoms with van der Waals surface area (Å²) < 4.78 is 0. The third-order valence-corrected chi connectivity index (χ3v) is 2.92. The van der Waals surface area contributed by atoms with Crippen molar-refractivity contribution in [3.8, 4) is 0 Å². The standard InChI is InChI=1S/C14H36N6/c1-11(15)7-19(8-12(2)16)5-6-20(9-13(3)17)10-14(4)18/h11-14H,5-10,15-18H2,1-4H3. The van der Waals surface area contributed by atoms with Gasteiger partial charge < -0.3 is 22.9 Å². The number of hydrogen-bond donors (Lipinski definition) is 4. The summed E-state index contributed by atoms with van der Waals surface area (Å²) in [6.45, 7) is 13.5. The van der Waals surface area contributed by atoms with Gasteiger partial charge >= 0.3 is 0 Å². The Kier molecular flexibility index (Phi) is 10.4. The first-order valence-electron chi connectivity index (χ1n) is 7.67. The molecule has 0 heterocycles. The van der Waals surface area contributed by atoms with Crippen molar-refractivity contribution in [1.29, 1.82) is 0 Å². The fraction of sp³-hybridized carbons (Fsp3) is 1.00. The Labute approximate surface area is 124 Å². The molecular formula is C14H36N6. The minimum absolute atomic E-state index is 0.157. The lowest BCUT2D eigenvalue weighted by atomic mass is 10.2. The molecule has 0 bridgehead atoms. The predicted octanol–water partition coefficient (Wildman–Crippen LogP) is -1.02. The van der Waals surface area contributed by atoms with Crippen LogP contribution in [0.15, 0.2) is 0 Å². The van der Waals surface area contributed by atoms with Crippen LogP contribution in [-0.2, 0) is 0 Å². The van der Waals surface area contributed by atoms with E-state index < -0.39 is 0 Å². The summed E-state index contributed by atoms with van der Waals surface area (Å²) in [7, 11) is 0. The van der Waals surface area contributed by atoms with Crippen LogP contribution < -0.4 is 22.9 Å². The van der Waals surface area contributed by atoms with Gasteiger partial charge in [-0.25, -0.2) is 0 Å². The number of nitrogens with two attached hydrogens (primary N) is 4. The maximum absolute atomic E-state index is 5.90. The maximum atomic E-state index is 5.90. The first-order chi connectivity index (χ1) is 9.20. The molecular weight excluding hydrogens is 252 g/mol. The second-order valence-corrected chi connectivity index (χ2v) is 6.43. The second kappa shape index (κ2) is 10.5. The molecule has 0 fully saturated rings. The minimum atomic E-state index is 0.157. The summed E-state index contributed by atoms with van der Waals surface area (Å²) in [5, 5.41) is 0. The van der Waals surface area contributed by atoms with E-state index in [4.69, 9.17) is 22.9 Å². The van der Waals surface area contributed by atoms with Crippen molar-refractivity contribution < 1.29 is 0 Å². The smallest absolute Gasteiger partial charge is 0.0139 e. The van der Waals surface area contributed by atoms with Crippen molar-refractivity contribution in [2.75, 3.05) is 39.3 Å². The Morgan fingerprint density at radius 1 is 0.550 bits per heavy atom. The Morgan fingerprint density at radius 3 is 0.900 bits per heavy atom. The summed E-state index contributed by atoms with van der Waals surface area (Å²) in [6.07, 6.45) is 0. The molecule has 0 rings (SSSR count). The van der Waals surface area contributed by atoms with E-state index in [9.17, 15) is 0 Å². The first kappa shape index (κ1) is 19.8. The molecule has 0 aromatic rings. The summed E-state index contributed by atoms with van der Waals surface area (Å²) in [4.78, 5) is 4.65. The van der Waals surface area contributed by atoms with E-state index in [-0.39, 0.29) is 24.2 Å². The first-order valence-corrected chi connectivity index (χ1v) is 7.67. The normalized spacial score (nSPS) is 18.3. The molecule has 0 radical (unpaired) electrons. The van der Waals surface area contributed by atoms with Crippen molar-refractivity contribution in [2.24, 2.45) is 22.9 Å². The summed E-state index contributed by atoms with van der Waals surface area (Å²) in [6, 6.07) is 0.626. The van der Waals surface area contributed by atoms with Gasteiger partial charge in [-0.15, -0.1) is 0 Å². The molecule has 20 heavy (non-hydrogen) atoms. The van der Waals surface area contributed by atoms with Crippen LogP contribution in [0.3, 0.4) is 0 Å². The topological polar surface area (TPSA) is 111 Å². The van der Waals surface area contributed by atoms with Gasteiger partial charge in [0.1, 0.15) is 0 Å². The zero-order valence-electron chi connectivity index (χ0n) is 13.8. The van der Waals surface area contributed by atoms with Crippen LogP contribution >= 0.6 is 0 Å². The summed E-state index contributed by atoms with van der Waals surface area (Å²) in [5.74, 6) is 0. The minimum Gasteiger partial charge on any atom is -0.327 e. The predicted molar refractivity (Wildman–Crippen MR) is 87.5 cm³/mol. The lowest BCUT2D eigenvalue weighted by Gasteiger charge is -2.31. The highest BCUT2D eigenvalue weighted by atomic mass is 15.2. The summed E-state index contributed by atoms with van der Waals surface area (Å²) in [5.41, 5.74) is 23.6. The van der Waals surface area contributed by atoms with Crippen molar-refractivity contribution in [3.05, 3.63) is 0 Å². The van der Waals surface area contributed by atoms with Gasteiger partial charge in [-0.05, 0) is 27.7 Å². The average Bonchev–Trinajstić information content (AvgIpc) is 2.22. The van der Waals surface area contributed by atoms with Crippen molar-refractivity contribution in [3.63, 3.8) is 0 Å². The molecule has 0 spiro atoms. The fourth-order valence-corrected chi connectivity index (χ4v) is 2.43. The van der Waals surface area contributed by atoms with Crippen LogP contribution in [0.4, 0.5) is 0 Å². The van der Waals surface area contributed by atoms with E-state index in [1.807, 2.05) is 27.7 Å². The number of hydrogen-bond acceptors (Lipinski definition) is 6. The largest absolute Gasteiger partial charge is 0.327 e. The highest BCUT2D eigenvalue weighted by molar-refractivity contribution is 4.73. The van der Waals surface area contributed by atoms with Gasteiger partial charge in [0.15, 0.2) is 0 Å². The van der Waals surface area contributed by atoms with E-state index >= 15 is 0 Å². The van der Waals surface area contributed by atoms with Crippen molar-refractivity contribution >= 4 is 0 Å². The number of rotatable bonds is 11. The quantitative estimate of drug-likeness (QED) is 0.387. The average molecular weight is 288 g/mol. The molecule has 0 amide bonds. The molecule has 8 N–H and O–H groups in total. The molecule has 0 saturated carbocycles.